The van der Waals surface area contributed by atoms with Crippen molar-refractivity contribution in [2.45, 2.75) is 51.2 Å². The van der Waals surface area contributed by atoms with Gasteiger partial charge in [-0.3, -0.25) is 14.8 Å². The van der Waals surface area contributed by atoms with Gasteiger partial charge in [-0.1, -0.05) is 37.1 Å². The molecule has 0 bridgehead atoms. The second-order valence-corrected chi connectivity index (χ2v) is 8.90. The Morgan fingerprint density at radius 2 is 1.71 bits per heavy atom. The molecule has 3 fully saturated rings. The van der Waals surface area contributed by atoms with E-state index in [0.29, 0.717) is 6.04 Å². The van der Waals surface area contributed by atoms with Crippen molar-refractivity contribution in [3.63, 3.8) is 0 Å². The van der Waals surface area contributed by atoms with E-state index in [1.807, 2.05) is 7.05 Å². The highest BCUT2D eigenvalue weighted by Crippen LogP contribution is 2.19. The van der Waals surface area contributed by atoms with E-state index in [2.05, 4.69) is 49.3 Å². The minimum atomic E-state index is 0. The third kappa shape index (κ3) is 7.04. The molecule has 1 aromatic rings. The summed E-state index contributed by atoms with van der Waals surface area (Å²) < 4.78 is 5.52. The van der Waals surface area contributed by atoms with Gasteiger partial charge in [-0.2, -0.15) is 0 Å². The molecule has 31 heavy (non-hydrogen) atoms. The number of halogens is 1. The van der Waals surface area contributed by atoms with Crippen LogP contribution >= 0.6 is 24.0 Å². The molecule has 1 atom stereocenters. The zero-order valence-electron chi connectivity index (χ0n) is 19.1. The number of aliphatic imine (C=N–C) groups is 1. The first kappa shape index (κ1) is 24.7. The van der Waals surface area contributed by atoms with Gasteiger partial charge in [0.15, 0.2) is 5.96 Å². The average Bonchev–Trinajstić information content (AvgIpc) is 3.14. The summed E-state index contributed by atoms with van der Waals surface area (Å²) in [6, 6.07) is 9.54. The zero-order valence-corrected chi connectivity index (χ0v) is 21.4. The summed E-state index contributed by atoms with van der Waals surface area (Å²) in [6.45, 7) is 10.4. The monoisotopic (exact) mass is 541 g/mol. The van der Waals surface area contributed by atoms with Gasteiger partial charge in [0.25, 0.3) is 0 Å². The number of rotatable bonds is 5. The van der Waals surface area contributed by atoms with Crippen molar-refractivity contribution in [1.29, 1.82) is 0 Å². The second kappa shape index (κ2) is 13.0. The first-order chi connectivity index (χ1) is 14.8. The van der Waals surface area contributed by atoms with Gasteiger partial charge in [-0.05, 0) is 43.5 Å². The first-order valence-electron chi connectivity index (χ1n) is 11.9. The number of ether oxygens (including phenoxy) is 1. The summed E-state index contributed by atoms with van der Waals surface area (Å²) in [6.07, 6.45) is 6.67. The molecule has 0 amide bonds. The quantitative estimate of drug-likeness (QED) is 0.353. The summed E-state index contributed by atoms with van der Waals surface area (Å²) in [5.41, 5.74) is 2.85. The molecule has 7 heteroatoms. The van der Waals surface area contributed by atoms with Crippen molar-refractivity contribution in [3.05, 3.63) is 35.4 Å². The SMILES string of the molecule is CN=C(NCc1ccccc1CN1CCCCCC1)N1CCC(N2CCOCC2)C1.I. The Balaban J connectivity index is 0.00000272. The van der Waals surface area contributed by atoms with E-state index in [9.17, 15) is 0 Å². The first-order valence-corrected chi connectivity index (χ1v) is 11.9. The molecule has 1 N–H and O–H groups in total. The number of nitrogens with zero attached hydrogens (tertiary/aromatic N) is 4. The molecule has 3 heterocycles. The van der Waals surface area contributed by atoms with E-state index in [0.717, 1.165) is 58.4 Å². The van der Waals surface area contributed by atoms with Crippen molar-refractivity contribution in [1.82, 2.24) is 20.0 Å². The third-order valence-corrected chi connectivity index (χ3v) is 6.88. The molecule has 3 aliphatic heterocycles. The van der Waals surface area contributed by atoms with Gasteiger partial charge in [0.1, 0.15) is 0 Å². The van der Waals surface area contributed by atoms with Crippen LogP contribution in [0.5, 0.6) is 0 Å². The van der Waals surface area contributed by atoms with Crippen LogP contribution in [0.2, 0.25) is 0 Å². The van der Waals surface area contributed by atoms with Crippen LogP contribution in [0.3, 0.4) is 0 Å². The summed E-state index contributed by atoms with van der Waals surface area (Å²) in [4.78, 5) is 12.3. The molecule has 174 valence electrons. The minimum absolute atomic E-state index is 0. The van der Waals surface area contributed by atoms with Gasteiger partial charge in [-0.25, -0.2) is 0 Å². The van der Waals surface area contributed by atoms with Gasteiger partial charge in [0.05, 0.1) is 13.2 Å². The van der Waals surface area contributed by atoms with Crippen molar-refractivity contribution < 1.29 is 4.74 Å². The fraction of sp³-hybridized carbons (Fsp3) is 0.708. The lowest BCUT2D eigenvalue weighted by Crippen LogP contribution is -2.46. The molecule has 0 spiro atoms. The van der Waals surface area contributed by atoms with Crippen LogP contribution in [0.4, 0.5) is 0 Å². The van der Waals surface area contributed by atoms with Crippen LogP contribution in [0.25, 0.3) is 0 Å². The van der Waals surface area contributed by atoms with E-state index >= 15 is 0 Å². The number of hydrogen-bond donors (Lipinski definition) is 1. The van der Waals surface area contributed by atoms with Crippen LogP contribution < -0.4 is 5.32 Å². The average molecular weight is 542 g/mol. The molecule has 0 aliphatic carbocycles. The Morgan fingerprint density at radius 3 is 2.42 bits per heavy atom. The number of hydrogen-bond acceptors (Lipinski definition) is 4. The second-order valence-electron chi connectivity index (χ2n) is 8.90. The maximum absolute atomic E-state index is 5.52. The molecule has 1 unspecified atom stereocenters. The lowest BCUT2D eigenvalue weighted by atomic mass is 10.1. The van der Waals surface area contributed by atoms with E-state index in [-0.39, 0.29) is 24.0 Å². The van der Waals surface area contributed by atoms with Gasteiger partial charge in [0, 0.05) is 52.4 Å². The molecule has 3 saturated heterocycles. The van der Waals surface area contributed by atoms with Crippen LogP contribution in [-0.4, -0.2) is 86.2 Å². The van der Waals surface area contributed by atoms with Crippen molar-refractivity contribution in [2.24, 2.45) is 4.99 Å². The van der Waals surface area contributed by atoms with Gasteiger partial charge < -0.3 is 15.0 Å². The predicted octanol–water partition coefficient (Wildman–Crippen LogP) is 3.16. The summed E-state index contributed by atoms with van der Waals surface area (Å²) in [5, 5.41) is 3.66. The molecule has 6 nitrogen and oxygen atoms in total. The highest BCUT2D eigenvalue weighted by atomic mass is 127. The van der Waals surface area contributed by atoms with E-state index < -0.39 is 0 Å². The van der Waals surface area contributed by atoms with Crippen LogP contribution in [0.1, 0.15) is 43.2 Å². The fourth-order valence-corrected chi connectivity index (χ4v) is 5.10. The topological polar surface area (TPSA) is 43.3 Å². The number of likely N-dealkylation sites (tertiary alicyclic amines) is 2. The Kier molecular flexibility index (Phi) is 10.3. The summed E-state index contributed by atoms with van der Waals surface area (Å²) in [5.74, 6) is 1.04. The molecule has 3 aliphatic rings. The molecular weight excluding hydrogens is 501 g/mol. The lowest BCUT2D eigenvalue weighted by Gasteiger charge is -2.32. The minimum Gasteiger partial charge on any atom is -0.379 e. The molecule has 0 aromatic heterocycles. The van der Waals surface area contributed by atoms with Gasteiger partial charge >= 0.3 is 0 Å². The Labute approximate surface area is 205 Å². The molecular formula is C24H40IN5O. The predicted molar refractivity (Wildman–Crippen MR) is 138 cm³/mol. The molecule has 4 rings (SSSR count). The Bertz CT molecular complexity index is 686. The maximum atomic E-state index is 5.52. The van der Waals surface area contributed by atoms with Crippen molar-refractivity contribution >= 4 is 29.9 Å². The van der Waals surface area contributed by atoms with E-state index in [4.69, 9.17) is 4.74 Å². The summed E-state index contributed by atoms with van der Waals surface area (Å²) >= 11 is 0. The maximum Gasteiger partial charge on any atom is 0.193 e. The number of benzene rings is 1. The lowest BCUT2D eigenvalue weighted by molar-refractivity contribution is 0.0195. The third-order valence-electron chi connectivity index (χ3n) is 6.88. The number of nitrogens with one attached hydrogen (secondary N) is 1. The molecule has 1 aromatic carbocycles. The number of guanidine groups is 1. The van der Waals surface area contributed by atoms with Gasteiger partial charge in [-0.15, -0.1) is 24.0 Å². The highest BCUT2D eigenvalue weighted by molar-refractivity contribution is 14.0. The van der Waals surface area contributed by atoms with Gasteiger partial charge in [0.2, 0.25) is 0 Å². The smallest absolute Gasteiger partial charge is 0.193 e. The van der Waals surface area contributed by atoms with Crippen LogP contribution in [0, 0.1) is 0 Å². The highest BCUT2D eigenvalue weighted by Gasteiger charge is 2.30. The summed E-state index contributed by atoms with van der Waals surface area (Å²) in [7, 11) is 1.91. The van der Waals surface area contributed by atoms with E-state index in [1.165, 1.54) is 56.3 Å². The van der Waals surface area contributed by atoms with Crippen LogP contribution in [-0.2, 0) is 17.8 Å². The molecule has 0 radical (unpaired) electrons. The molecule has 0 saturated carbocycles. The number of morpholine rings is 1. The fourth-order valence-electron chi connectivity index (χ4n) is 5.10. The largest absolute Gasteiger partial charge is 0.379 e. The van der Waals surface area contributed by atoms with Crippen LogP contribution in [0.15, 0.2) is 29.3 Å². The van der Waals surface area contributed by atoms with Crippen molar-refractivity contribution in [3.8, 4) is 0 Å². The zero-order chi connectivity index (χ0) is 20.6. The normalized spacial score (nSPS) is 24.0. The Hall–Kier alpha value is -0.900. The van der Waals surface area contributed by atoms with E-state index in [1.54, 1.807) is 0 Å². The van der Waals surface area contributed by atoms with Crippen molar-refractivity contribution in [2.75, 3.05) is 59.5 Å². The standard InChI is InChI=1S/C24H39N5O.HI/c1-25-24(29-13-10-23(20-29)28-14-16-30-17-15-28)26-18-21-8-4-5-9-22(21)19-27-11-6-2-3-7-12-27;/h4-5,8-9,23H,2-3,6-7,10-20H2,1H3,(H,25,26);1H. The Morgan fingerprint density at radius 1 is 1.00 bits per heavy atom.